The number of hydrogen-bond donors (Lipinski definition) is 3. The van der Waals surface area contributed by atoms with Gasteiger partial charge >= 0.3 is 12.0 Å². The molecule has 0 aliphatic carbocycles. The molecule has 0 saturated carbocycles. The minimum Gasteiger partial charge on any atom is -0.480 e. The summed E-state index contributed by atoms with van der Waals surface area (Å²) in [5, 5.41) is 14.3. The minimum absolute atomic E-state index is 0.361. The number of ether oxygens (including phenoxy) is 1. The fourth-order valence-electron chi connectivity index (χ4n) is 2.05. The summed E-state index contributed by atoms with van der Waals surface area (Å²) < 4.78 is 4.88. The monoisotopic (exact) mass is 319 g/mol. The zero-order valence-corrected chi connectivity index (χ0v) is 13.3. The molecule has 122 valence electrons. The van der Waals surface area contributed by atoms with Gasteiger partial charge in [0.25, 0.3) is 0 Å². The van der Waals surface area contributed by atoms with Crippen LogP contribution >= 0.6 is 11.8 Å². The molecule has 1 fully saturated rings. The first kappa shape index (κ1) is 18.1. The Morgan fingerprint density at radius 2 is 2.10 bits per heavy atom. The molecule has 0 aromatic rings. The Balaban J connectivity index is 2.18. The van der Waals surface area contributed by atoms with Crippen molar-refractivity contribution >= 4 is 23.8 Å². The Morgan fingerprint density at radius 1 is 1.38 bits per heavy atom. The molecule has 1 aliphatic heterocycles. The van der Waals surface area contributed by atoms with E-state index >= 15 is 0 Å². The molecule has 0 aromatic carbocycles. The number of carbonyl (C=O) groups is 2. The molecule has 1 atom stereocenters. The zero-order chi connectivity index (χ0) is 15.5. The average Bonchev–Trinajstić information content (AvgIpc) is 2.47. The first-order chi connectivity index (χ1) is 10.1. The van der Waals surface area contributed by atoms with Gasteiger partial charge in [-0.3, -0.25) is 4.90 Å². The third-order valence-electron chi connectivity index (χ3n) is 3.26. The molecule has 21 heavy (non-hydrogen) atoms. The van der Waals surface area contributed by atoms with E-state index in [4.69, 9.17) is 9.84 Å². The van der Waals surface area contributed by atoms with E-state index in [0.717, 1.165) is 31.1 Å². The summed E-state index contributed by atoms with van der Waals surface area (Å²) in [6.07, 6.45) is 0.957. The fraction of sp³-hybridized carbons (Fsp3) is 0.846. The molecule has 1 unspecified atom stereocenters. The van der Waals surface area contributed by atoms with Crippen molar-refractivity contribution in [3.63, 3.8) is 0 Å². The number of nitrogens with zero attached hydrogens (tertiary/aromatic N) is 1. The number of carboxylic acids is 1. The third kappa shape index (κ3) is 8.13. The molecule has 7 nitrogen and oxygen atoms in total. The van der Waals surface area contributed by atoms with Crippen LogP contribution in [0.25, 0.3) is 0 Å². The number of nitrogens with one attached hydrogen (secondary N) is 2. The van der Waals surface area contributed by atoms with Gasteiger partial charge in [0.2, 0.25) is 0 Å². The summed E-state index contributed by atoms with van der Waals surface area (Å²) in [4.78, 5) is 25.0. The van der Waals surface area contributed by atoms with Gasteiger partial charge in [0, 0.05) is 51.4 Å². The van der Waals surface area contributed by atoms with E-state index in [1.54, 1.807) is 7.11 Å². The van der Waals surface area contributed by atoms with Crippen LogP contribution in [0.4, 0.5) is 4.79 Å². The number of carboxylic acid groups (broad SMARTS) is 1. The van der Waals surface area contributed by atoms with Gasteiger partial charge in [-0.25, -0.2) is 9.59 Å². The van der Waals surface area contributed by atoms with Gasteiger partial charge in [0.05, 0.1) is 0 Å². The number of thioether (sulfide) groups is 1. The van der Waals surface area contributed by atoms with Crippen molar-refractivity contribution in [3.05, 3.63) is 0 Å². The highest BCUT2D eigenvalue weighted by Crippen LogP contribution is 2.07. The lowest BCUT2D eigenvalue weighted by molar-refractivity contribution is -0.139. The Labute approximate surface area is 129 Å². The molecule has 0 spiro atoms. The number of amides is 2. The number of carbonyl (C=O) groups excluding carboxylic acids is 1. The van der Waals surface area contributed by atoms with Crippen molar-refractivity contribution < 1.29 is 19.4 Å². The largest absolute Gasteiger partial charge is 0.480 e. The predicted octanol–water partition coefficient (Wildman–Crippen LogP) is 0.214. The topological polar surface area (TPSA) is 90.9 Å². The lowest BCUT2D eigenvalue weighted by Crippen LogP contribution is -2.48. The summed E-state index contributed by atoms with van der Waals surface area (Å²) in [5.74, 6) is 1.24. The molecular formula is C13H25N3O4S. The number of methoxy groups -OCH3 is 1. The standard InChI is InChI=1S/C13H25N3O4S/c1-20-8-2-3-11(12(17)18)15-13(19)14-4-5-16-6-9-21-10-7-16/h11H,2-10H2,1H3,(H,17,18)(H2,14,15,19). The minimum atomic E-state index is -1.02. The summed E-state index contributed by atoms with van der Waals surface area (Å²) in [6, 6.07) is -1.29. The molecule has 1 heterocycles. The molecule has 8 heteroatoms. The van der Waals surface area contributed by atoms with Crippen molar-refractivity contribution in [3.8, 4) is 0 Å². The quantitative estimate of drug-likeness (QED) is 0.527. The SMILES string of the molecule is COCCCC(NC(=O)NCCN1CCSCC1)C(=O)O. The second-order valence-corrected chi connectivity index (χ2v) is 6.10. The molecule has 2 amide bonds. The lowest BCUT2D eigenvalue weighted by atomic mass is 10.1. The van der Waals surface area contributed by atoms with Crippen molar-refractivity contribution in [2.75, 3.05) is 51.4 Å². The number of rotatable bonds is 9. The fourth-order valence-corrected chi connectivity index (χ4v) is 3.03. The average molecular weight is 319 g/mol. The summed E-state index contributed by atoms with van der Waals surface area (Å²) >= 11 is 1.94. The highest BCUT2D eigenvalue weighted by molar-refractivity contribution is 7.99. The Bertz CT molecular complexity index is 325. The number of aliphatic carboxylic acids is 1. The van der Waals surface area contributed by atoms with Crippen LogP contribution in [0.3, 0.4) is 0 Å². The summed E-state index contributed by atoms with van der Waals surface area (Å²) in [7, 11) is 1.56. The van der Waals surface area contributed by atoms with Gasteiger partial charge in [-0.1, -0.05) is 0 Å². The first-order valence-electron chi connectivity index (χ1n) is 7.19. The van der Waals surface area contributed by atoms with Crippen LogP contribution in [0.15, 0.2) is 0 Å². The van der Waals surface area contributed by atoms with Gasteiger partial charge in [-0.2, -0.15) is 11.8 Å². The molecule has 0 radical (unpaired) electrons. The lowest BCUT2D eigenvalue weighted by Gasteiger charge is -2.26. The summed E-state index contributed by atoms with van der Waals surface area (Å²) in [6.45, 7) is 3.90. The van der Waals surface area contributed by atoms with E-state index in [-0.39, 0.29) is 0 Å². The van der Waals surface area contributed by atoms with Crippen molar-refractivity contribution in [2.45, 2.75) is 18.9 Å². The molecular weight excluding hydrogens is 294 g/mol. The normalized spacial score (nSPS) is 17.2. The van der Waals surface area contributed by atoms with Crippen LogP contribution in [0.2, 0.25) is 0 Å². The van der Waals surface area contributed by atoms with Crippen LogP contribution in [-0.2, 0) is 9.53 Å². The van der Waals surface area contributed by atoms with E-state index in [1.807, 2.05) is 11.8 Å². The second kappa shape index (κ2) is 10.7. The van der Waals surface area contributed by atoms with E-state index in [1.165, 1.54) is 0 Å². The maximum absolute atomic E-state index is 11.7. The Hall–Kier alpha value is -0.990. The van der Waals surface area contributed by atoms with Crippen LogP contribution in [0.5, 0.6) is 0 Å². The highest BCUT2D eigenvalue weighted by Gasteiger charge is 2.19. The van der Waals surface area contributed by atoms with Crippen LogP contribution in [0.1, 0.15) is 12.8 Å². The van der Waals surface area contributed by atoms with Gasteiger partial charge < -0.3 is 20.5 Å². The van der Waals surface area contributed by atoms with Crippen molar-refractivity contribution in [1.82, 2.24) is 15.5 Å². The molecule has 1 rings (SSSR count). The van der Waals surface area contributed by atoms with Crippen molar-refractivity contribution in [2.24, 2.45) is 0 Å². The third-order valence-corrected chi connectivity index (χ3v) is 4.20. The molecule has 0 bridgehead atoms. The van der Waals surface area contributed by atoms with E-state index in [0.29, 0.717) is 26.0 Å². The Morgan fingerprint density at radius 3 is 2.71 bits per heavy atom. The van der Waals surface area contributed by atoms with E-state index in [9.17, 15) is 9.59 Å². The van der Waals surface area contributed by atoms with Crippen LogP contribution in [-0.4, -0.2) is 79.5 Å². The maximum atomic E-state index is 11.7. The molecule has 0 aromatic heterocycles. The number of urea groups is 1. The second-order valence-electron chi connectivity index (χ2n) is 4.88. The smallest absolute Gasteiger partial charge is 0.326 e. The predicted molar refractivity (Wildman–Crippen MR) is 82.8 cm³/mol. The zero-order valence-electron chi connectivity index (χ0n) is 12.5. The van der Waals surface area contributed by atoms with E-state index in [2.05, 4.69) is 15.5 Å². The van der Waals surface area contributed by atoms with Gasteiger partial charge in [-0.15, -0.1) is 0 Å². The van der Waals surface area contributed by atoms with E-state index < -0.39 is 18.0 Å². The highest BCUT2D eigenvalue weighted by atomic mass is 32.2. The Kier molecular flexibility index (Phi) is 9.20. The molecule has 3 N–H and O–H groups in total. The van der Waals surface area contributed by atoms with Crippen LogP contribution in [0, 0.1) is 0 Å². The van der Waals surface area contributed by atoms with Gasteiger partial charge in [-0.05, 0) is 12.8 Å². The maximum Gasteiger partial charge on any atom is 0.326 e. The van der Waals surface area contributed by atoms with Gasteiger partial charge in [0.1, 0.15) is 6.04 Å². The molecule has 1 saturated heterocycles. The first-order valence-corrected chi connectivity index (χ1v) is 8.35. The van der Waals surface area contributed by atoms with Crippen molar-refractivity contribution in [1.29, 1.82) is 0 Å². The van der Waals surface area contributed by atoms with Crippen LogP contribution < -0.4 is 10.6 Å². The summed E-state index contributed by atoms with van der Waals surface area (Å²) in [5.41, 5.74) is 0. The molecule has 1 aliphatic rings. The van der Waals surface area contributed by atoms with Gasteiger partial charge in [0.15, 0.2) is 0 Å². The number of hydrogen-bond acceptors (Lipinski definition) is 5.